The molecule has 0 aromatic carbocycles. The molecule has 0 spiro atoms. The second kappa shape index (κ2) is 12.6. The van der Waals surface area contributed by atoms with Crippen molar-refractivity contribution in [3.05, 3.63) is 0 Å². The highest BCUT2D eigenvalue weighted by atomic mass is 16.7. The van der Waals surface area contributed by atoms with Crippen molar-refractivity contribution in [1.29, 1.82) is 0 Å². The van der Waals surface area contributed by atoms with E-state index in [0.29, 0.717) is 32.9 Å². The topological polar surface area (TPSA) is 60.0 Å². The molecule has 0 aliphatic carbocycles. The molecule has 1 unspecified atom stereocenters. The third kappa shape index (κ3) is 7.50. The van der Waals surface area contributed by atoms with Crippen molar-refractivity contribution in [2.24, 2.45) is 0 Å². The van der Waals surface area contributed by atoms with Crippen LogP contribution in [0.25, 0.3) is 0 Å². The fraction of sp³-hybridized carbons (Fsp3) is 0.941. The van der Waals surface area contributed by atoms with Crippen molar-refractivity contribution in [3.63, 3.8) is 0 Å². The summed E-state index contributed by atoms with van der Waals surface area (Å²) in [5.74, 6) is 0. The second-order valence-electron chi connectivity index (χ2n) is 5.86. The van der Waals surface area contributed by atoms with Crippen LogP contribution < -0.4 is 5.32 Å². The molecule has 0 radical (unpaired) electrons. The van der Waals surface area contributed by atoms with Crippen LogP contribution in [0, 0.1) is 0 Å². The third-order valence-electron chi connectivity index (χ3n) is 3.78. The highest BCUT2D eigenvalue weighted by Crippen LogP contribution is 2.16. The summed E-state index contributed by atoms with van der Waals surface area (Å²) >= 11 is 0. The van der Waals surface area contributed by atoms with Crippen molar-refractivity contribution in [2.75, 3.05) is 32.9 Å². The minimum atomic E-state index is -0.520. The van der Waals surface area contributed by atoms with Crippen LogP contribution in [0.2, 0.25) is 0 Å². The maximum atomic E-state index is 12.0. The zero-order valence-corrected chi connectivity index (χ0v) is 15.0. The van der Waals surface area contributed by atoms with E-state index >= 15 is 0 Å². The van der Waals surface area contributed by atoms with Gasteiger partial charge in [0.1, 0.15) is 0 Å². The predicted octanol–water partition coefficient (Wildman–Crippen LogP) is 3.11. The van der Waals surface area contributed by atoms with E-state index in [1.165, 1.54) is 0 Å². The largest absolute Gasteiger partial charge is 0.353 e. The molecule has 0 aromatic rings. The van der Waals surface area contributed by atoms with E-state index in [4.69, 9.17) is 14.2 Å². The Hall–Kier alpha value is -0.850. The average molecular weight is 330 g/mol. The Morgan fingerprint density at radius 2 is 1.48 bits per heavy atom. The molecule has 1 rings (SSSR count). The lowest BCUT2D eigenvalue weighted by Crippen LogP contribution is -2.49. The lowest BCUT2D eigenvalue weighted by Gasteiger charge is -2.33. The smallest absolute Gasteiger partial charge is 0.319 e. The van der Waals surface area contributed by atoms with Gasteiger partial charge in [-0.25, -0.2) is 4.79 Å². The zero-order valence-electron chi connectivity index (χ0n) is 15.0. The molecule has 2 amide bonds. The van der Waals surface area contributed by atoms with E-state index in [0.717, 1.165) is 38.5 Å². The van der Waals surface area contributed by atoms with Gasteiger partial charge in [-0.3, -0.25) is 4.90 Å². The van der Waals surface area contributed by atoms with Crippen LogP contribution in [0.3, 0.4) is 0 Å². The van der Waals surface area contributed by atoms with Gasteiger partial charge >= 0.3 is 6.03 Å². The van der Waals surface area contributed by atoms with Gasteiger partial charge in [-0.05, 0) is 19.3 Å². The molecule has 6 heteroatoms. The number of ether oxygens (including phenoxy) is 3. The number of nitrogens with zero attached hydrogens (tertiary/aromatic N) is 1. The van der Waals surface area contributed by atoms with E-state index in [-0.39, 0.29) is 6.03 Å². The van der Waals surface area contributed by atoms with Crippen molar-refractivity contribution in [3.8, 4) is 0 Å². The molecule has 1 N–H and O–H groups in total. The molecule has 1 saturated heterocycles. The van der Waals surface area contributed by atoms with Crippen LogP contribution in [0.5, 0.6) is 0 Å². The van der Waals surface area contributed by atoms with E-state index in [1.54, 1.807) is 4.90 Å². The minimum Gasteiger partial charge on any atom is -0.353 e. The predicted molar refractivity (Wildman–Crippen MR) is 90.3 cm³/mol. The average Bonchev–Trinajstić information content (AvgIpc) is 2.97. The number of hydrogen-bond acceptors (Lipinski definition) is 4. The second-order valence-corrected chi connectivity index (χ2v) is 5.86. The summed E-state index contributed by atoms with van der Waals surface area (Å²) in [5, 5.41) is 2.83. The summed E-state index contributed by atoms with van der Waals surface area (Å²) in [6.07, 6.45) is 5.09. The molecule has 0 saturated carbocycles. The number of rotatable bonds is 14. The van der Waals surface area contributed by atoms with Gasteiger partial charge in [0, 0.05) is 32.9 Å². The van der Waals surface area contributed by atoms with E-state index in [1.807, 2.05) is 0 Å². The summed E-state index contributed by atoms with van der Waals surface area (Å²) in [4.78, 5) is 13.7. The molecule has 136 valence electrons. The molecule has 1 fully saturated rings. The standard InChI is InChI=1S/C17H34N2O4/c1-4-7-12-21-15(19-11-10-18-17(19)20)16(22-13-8-5-2)23-14-9-6-3/h15-16H,4-14H2,1-3H3,(H,18,20). The molecule has 0 bridgehead atoms. The van der Waals surface area contributed by atoms with Gasteiger partial charge < -0.3 is 19.5 Å². The number of carbonyl (C=O) groups is 1. The van der Waals surface area contributed by atoms with Gasteiger partial charge in [0.25, 0.3) is 0 Å². The Balaban J connectivity index is 2.68. The third-order valence-corrected chi connectivity index (χ3v) is 3.78. The molecule has 1 aliphatic rings. The van der Waals surface area contributed by atoms with Gasteiger partial charge in [0.05, 0.1) is 0 Å². The zero-order chi connectivity index (χ0) is 16.9. The molecule has 1 atom stereocenters. The van der Waals surface area contributed by atoms with Crippen LogP contribution in [-0.2, 0) is 14.2 Å². The number of urea groups is 1. The van der Waals surface area contributed by atoms with Gasteiger partial charge in [0.2, 0.25) is 6.29 Å². The SMILES string of the molecule is CCCCOC(OCCCC)C(OCCCC)N1CCNC1=O. The van der Waals surface area contributed by atoms with Gasteiger partial charge in [-0.1, -0.05) is 40.0 Å². The Labute approximate surface area is 140 Å². The summed E-state index contributed by atoms with van der Waals surface area (Å²) in [5.41, 5.74) is 0. The quantitative estimate of drug-likeness (QED) is 0.393. The Morgan fingerprint density at radius 1 is 0.957 bits per heavy atom. The Kier molecular flexibility index (Phi) is 11.0. The molecule has 1 heterocycles. The van der Waals surface area contributed by atoms with E-state index < -0.39 is 12.5 Å². The normalized spacial score (nSPS) is 16.2. The first kappa shape index (κ1) is 20.2. The molecular weight excluding hydrogens is 296 g/mol. The number of unbranched alkanes of at least 4 members (excludes halogenated alkanes) is 3. The van der Waals surface area contributed by atoms with E-state index in [2.05, 4.69) is 26.1 Å². The molecule has 1 aliphatic heterocycles. The Bertz CT molecular complexity index is 305. The van der Waals surface area contributed by atoms with Crippen LogP contribution in [-0.4, -0.2) is 56.4 Å². The molecule has 6 nitrogen and oxygen atoms in total. The first-order valence-electron chi connectivity index (χ1n) is 9.13. The fourth-order valence-corrected chi connectivity index (χ4v) is 2.29. The Morgan fingerprint density at radius 3 is 1.91 bits per heavy atom. The summed E-state index contributed by atoms with van der Waals surface area (Å²) in [6.45, 7) is 9.48. The maximum absolute atomic E-state index is 12.0. The van der Waals surface area contributed by atoms with Crippen LogP contribution in [0.4, 0.5) is 4.79 Å². The summed E-state index contributed by atoms with van der Waals surface area (Å²) in [7, 11) is 0. The summed E-state index contributed by atoms with van der Waals surface area (Å²) < 4.78 is 17.8. The first-order valence-corrected chi connectivity index (χ1v) is 9.13. The fourth-order valence-electron chi connectivity index (χ4n) is 2.29. The number of amides is 2. The van der Waals surface area contributed by atoms with Crippen LogP contribution in [0.1, 0.15) is 59.3 Å². The van der Waals surface area contributed by atoms with Crippen molar-refractivity contribution < 1.29 is 19.0 Å². The van der Waals surface area contributed by atoms with Gasteiger partial charge in [-0.2, -0.15) is 0 Å². The van der Waals surface area contributed by atoms with Gasteiger partial charge in [0.15, 0.2) is 6.23 Å². The van der Waals surface area contributed by atoms with Crippen LogP contribution >= 0.6 is 0 Å². The number of carbonyl (C=O) groups excluding carboxylic acids is 1. The van der Waals surface area contributed by atoms with Crippen molar-refractivity contribution >= 4 is 6.03 Å². The van der Waals surface area contributed by atoms with Crippen LogP contribution in [0.15, 0.2) is 0 Å². The van der Waals surface area contributed by atoms with Crippen molar-refractivity contribution in [2.45, 2.75) is 71.8 Å². The monoisotopic (exact) mass is 330 g/mol. The number of nitrogens with one attached hydrogen (secondary N) is 1. The summed E-state index contributed by atoms with van der Waals surface area (Å²) in [6, 6.07) is -0.102. The lowest BCUT2D eigenvalue weighted by molar-refractivity contribution is -0.237. The molecule has 0 aromatic heterocycles. The number of hydrogen-bond donors (Lipinski definition) is 1. The molecule has 23 heavy (non-hydrogen) atoms. The lowest BCUT2D eigenvalue weighted by atomic mass is 10.3. The van der Waals surface area contributed by atoms with Gasteiger partial charge in [-0.15, -0.1) is 0 Å². The highest BCUT2D eigenvalue weighted by molar-refractivity contribution is 5.76. The van der Waals surface area contributed by atoms with Crippen molar-refractivity contribution in [1.82, 2.24) is 10.2 Å². The molecular formula is C17H34N2O4. The highest BCUT2D eigenvalue weighted by Gasteiger charge is 2.35. The maximum Gasteiger partial charge on any atom is 0.319 e. The van der Waals surface area contributed by atoms with E-state index in [9.17, 15) is 4.79 Å². The first-order chi connectivity index (χ1) is 11.2. The minimum absolute atomic E-state index is 0.102.